The summed E-state index contributed by atoms with van der Waals surface area (Å²) in [6.45, 7) is 3.77. The third kappa shape index (κ3) is 4.43. The molecule has 174 valence electrons. The molecule has 1 spiro atoms. The van der Waals surface area contributed by atoms with Crippen molar-refractivity contribution < 1.29 is 14.3 Å². The van der Waals surface area contributed by atoms with Crippen molar-refractivity contribution in [1.82, 2.24) is 25.7 Å². The third-order valence-electron chi connectivity index (χ3n) is 7.26. The molecule has 2 aromatic rings. The molecule has 4 heterocycles. The number of piperidine rings is 1. The smallest absolute Gasteiger partial charge is 0.315 e. The van der Waals surface area contributed by atoms with E-state index in [0.29, 0.717) is 24.2 Å². The molecule has 2 fully saturated rings. The van der Waals surface area contributed by atoms with Crippen LogP contribution < -0.4 is 16.4 Å². The number of urea groups is 1. The van der Waals surface area contributed by atoms with Gasteiger partial charge in [-0.3, -0.25) is 4.79 Å². The van der Waals surface area contributed by atoms with Crippen molar-refractivity contribution in [3.8, 4) is 0 Å². The molecule has 0 radical (unpaired) electrons. The van der Waals surface area contributed by atoms with Crippen LogP contribution in [0.4, 0.5) is 4.79 Å². The number of carbonyl (C=O) groups excluding carboxylic acids is 2. The highest BCUT2D eigenvalue weighted by Crippen LogP contribution is 2.39. The largest absolute Gasteiger partial charge is 0.376 e. The van der Waals surface area contributed by atoms with Gasteiger partial charge in [-0.2, -0.15) is 5.10 Å². The number of nitrogens with zero attached hydrogens (tertiary/aromatic N) is 3. The van der Waals surface area contributed by atoms with Gasteiger partial charge in [-0.25, -0.2) is 4.79 Å². The molecular weight excluding hydrogens is 420 g/mol. The molecule has 3 amide bonds. The van der Waals surface area contributed by atoms with Crippen LogP contribution in [0, 0.1) is 5.41 Å². The number of nitrogens with two attached hydrogens (primary N) is 1. The Bertz CT molecular complexity index is 1010. The molecule has 1 aromatic heterocycles. The van der Waals surface area contributed by atoms with Crippen molar-refractivity contribution in [2.75, 3.05) is 26.2 Å². The van der Waals surface area contributed by atoms with Crippen LogP contribution >= 0.6 is 0 Å². The molecule has 9 heteroatoms. The quantitative estimate of drug-likeness (QED) is 0.652. The van der Waals surface area contributed by atoms with Gasteiger partial charge in [0.1, 0.15) is 6.04 Å². The molecule has 0 bridgehead atoms. The minimum absolute atomic E-state index is 0.0285. The normalized spacial score (nSPS) is 23.8. The fourth-order valence-electron chi connectivity index (χ4n) is 5.25. The van der Waals surface area contributed by atoms with Gasteiger partial charge in [-0.15, -0.1) is 5.10 Å². The van der Waals surface area contributed by atoms with Crippen LogP contribution in [0.5, 0.6) is 0 Å². The Morgan fingerprint density at radius 2 is 1.97 bits per heavy atom. The number of nitrogens with one attached hydrogen (secondary N) is 2. The van der Waals surface area contributed by atoms with E-state index in [9.17, 15) is 9.59 Å². The lowest BCUT2D eigenvalue weighted by atomic mass is 9.74. The Morgan fingerprint density at radius 1 is 1.15 bits per heavy atom. The van der Waals surface area contributed by atoms with Gasteiger partial charge in [0.25, 0.3) is 5.91 Å². The fourth-order valence-corrected chi connectivity index (χ4v) is 5.25. The van der Waals surface area contributed by atoms with Crippen LogP contribution in [0.3, 0.4) is 0 Å². The molecule has 3 aliphatic heterocycles. The number of fused-ring (bicyclic) bond motifs is 1. The molecule has 33 heavy (non-hydrogen) atoms. The van der Waals surface area contributed by atoms with Gasteiger partial charge in [0, 0.05) is 13.1 Å². The summed E-state index contributed by atoms with van der Waals surface area (Å²) >= 11 is 0. The van der Waals surface area contributed by atoms with Crippen molar-refractivity contribution in [3.05, 3.63) is 58.9 Å². The van der Waals surface area contributed by atoms with Gasteiger partial charge in [-0.05, 0) is 67.4 Å². The van der Waals surface area contributed by atoms with E-state index in [4.69, 9.17) is 10.5 Å². The Hall–Kier alpha value is -3.04. The first-order valence-corrected chi connectivity index (χ1v) is 11.6. The molecule has 1 aromatic carbocycles. The zero-order valence-corrected chi connectivity index (χ0v) is 18.6. The number of aromatic nitrogens is 2. The van der Waals surface area contributed by atoms with Gasteiger partial charge in [-0.1, -0.05) is 24.3 Å². The zero-order chi connectivity index (χ0) is 22.8. The van der Waals surface area contributed by atoms with E-state index in [1.165, 1.54) is 0 Å². The number of hydrogen-bond donors (Lipinski definition) is 3. The molecule has 2 atom stereocenters. The van der Waals surface area contributed by atoms with E-state index in [2.05, 4.69) is 20.8 Å². The summed E-state index contributed by atoms with van der Waals surface area (Å²) in [6.07, 6.45) is 4.44. The lowest BCUT2D eigenvalue weighted by Crippen LogP contribution is -2.46. The number of amides is 3. The maximum absolute atomic E-state index is 12.6. The summed E-state index contributed by atoms with van der Waals surface area (Å²) in [4.78, 5) is 26.2. The van der Waals surface area contributed by atoms with Crippen LogP contribution in [0.25, 0.3) is 0 Å². The lowest BCUT2D eigenvalue weighted by Gasteiger charge is -2.43. The second-order valence-corrected chi connectivity index (χ2v) is 9.34. The zero-order valence-electron chi connectivity index (χ0n) is 18.6. The summed E-state index contributed by atoms with van der Waals surface area (Å²) < 4.78 is 6.08. The van der Waals surface area contributed by atoms with E-state index in [1.807, 2.05) is 24.3 Å². The maximum atomic E-state index is 12.6. The third-order valence-corrected chi connectivity index (χ3v) is 7.26. The first-order chi connectivity index (χ1) is 16.0. The predicted molar refractivity (Wildman–Crippen MR) is 121 cm³/mol. The van der Waals surface area contributed by atoms with Crippen molar-refractivity contribution in [3.63, 3.8) is 0 Å². The minimum Gasteiger partial charge on any atom is -0.376 e. The van der Waals surface area contributed by atoms with Crippen LogP contribution in [0.2, 0.25) is 0 Å². The summed E-state index contributed by atoms with van der Waals surface area (Å²) in [6, 6.07) is 10.3. The van der Waals surface area contributed by atoms with E-state index < -0.39 is 12.1 Å². The number of hydrogen-bond acceptors (Lipinski definition) is 6. The number of benzene rings is 1. The van der Waals surface area contributed by atoms with E-state index in [0.717, 1.165) is 56.5 Å². The topological polar surface area (TPSA) is 122 Å². The number of carbonyl (C=O) groups is 2. The molecule has 0 aliphatic carbocycles. The van der Waals surface area contributed by atoms with Crippen LogP contribution in [0.1, 0.15) is 59.0 Å². The van der Waals surface area contributed by atoms with Gasteiger partial charge in [0.15, 0.2) is 5.69 Å². The van der Waals surface area contributed by atoms with E-state index in [-0.39, 0.29) is 17.7 Å². The Balaban J connectivity index is 1.19. The Labute approximate surface area is 193 Å². The lowest BCUT2D eigenvalue weighted by molar-refractivity contribution is -0.0721. The second-order valence-electron chi connectivity index (χ2n) is 9.34. The number of rotatable bonds is 4. The predicted octanol–water partition coefficient (Wildman–Crippen LogP) is 1.74. The highest BCUT2D eigenvalue weighted by Gasteiger charge is 2.37. The highest BCUT2D eigenvalue weighted by atomic mass is 16.5. The van der Waals surface area contributed by atoms with Gasteiger partial charge >= 0.3 is 6.03 Å². The van der Waals surface area contributed by atoms with Crippen molar-refractivity contribution in [1.29, 1.82) is 0 Å². The van der Waals surface area contributed by atoms with Crippen molar-refractivity contribution in [2.24, 2.45) is 11.1 Å². The molecular formula is C24H30N6O3. The molecule has 2 saturated heterocycles. The number of primary amides is 1. The Morgan fingerprint density at radius 3 is 2.67 bits per heavy atom. The molecule has 5 rings (SSSR count). The molecule has 3 aliphatic rings. The summed E-state index contributed by atoms with van der Waals surface area (Å²) in [7, 11) is 0. The molecule has 2 unspecified atom stereocenters. The van der Waals surface area contributed by atoms with Crippen LogP contribution in [0.15, 0.2) is 36.4 Å². The van der Waals surface area contributed by atoms with Gasteiger partial charge in [0.05, 0.1) is 18.4 Å². The van der Waals surface area contributed by atoms with Gasteiger partial charge in [0.2, 0.25) is 0 Å². The summed E-state index contributed by atoms with van der Waals surface area (Å²) in [5.74, 6) is -0.279. The summed E-state index contributed by atoms with van der Waals surface area (Å²) in [5.41, 5.74) is 8.73. The molecule has 9 nitrogen and oxygen atoms in total. The van der Waals surface area contributed by atoms with E-state index >= 15 is 0 Å². The minimum atomic E-state index is -0.515. The molecule has 0 saturated carbocycles. The molecule has 4 N–H and O–H groups in total. The second kappa shape index (κ2) is 9.07. The average molecular weight is 451 g/mol. The van der Waals surface area contributed by atoms with Crippen molar-refractivity contribution in [2.45, 2.75) is 44.4 Å². The van der Waals surface area contributed by atoms with Crippen LogP contribution in [-0.2, 0) is 11.3 Å². The Kier molecular flexibility index (Phi) is 5.99. The first kappa shape index (κ1) is 21.8. The maximum Gasteiger partial charge on any atom is 0.315 e. The highest BCUT2D eigenvalue weighted by molar-refractivity contribution is 5.92. The van der Waals surface area contributed by atoms with Gasteiger partial charge < -0.3 is 26.0 Å². The fraction of sp³-hybridized carbons (Fsp3) is 0.500. The standard InChI is InChI=1S/C24H30N6O3/c25-23(32)30-14-16-3-1-2-4-18(16)21(30)19-5-6-20(29-28-19)22(31)27-13-17-7-8-24(15-33-17)9-11-26-12-10-24/h1-6,17,21,26H,7-15H2,(H2,25,32)(H,27,31). The SMILES string of the molecule is NC(=O)N1Cc2ccccc2C1c1ccc(C(=O)NCC2CCC3(CCNCC3)CO2)nn1. The van der Waals surface area contributed by atoms with E-state index in [1.54, 1.807) is 17.0 Å². The number of ether oxygens (including phenoxy) is 1. The monoisotopic (exact) mass is 450 g/mol. The van der Waals surface area contributed by atoms with Crippen molar-refractivity contribution >= 4 is 11.9 Å². The average Bonchev–Trinajstić information content (AvgIpc) is 3.24. The summed E-state index contributed by atoms with van der Waals surface area (Å²) in [5, 5.41) is 14.7. The first-order valence-electron chi connectivity index (χ1n) is 11.6. The van der Waals surface area contributed by atoms with Crippen LogP contribution in [-0.4, -0.2) is 59.4 Å².